The molecule has 0 saturated heterocycles. The minimum absolute atomic E-state index is 0.0553. The average Bonchev–Trinajstić information content (AvgIpc) is 3.41. The number of carbonyl (C=O) groups is 1. The van der Waals surface area contributed by atoms with E-state index in [2.05, 4.69) is 43.5 Å². The number of hydrogen-bond acceptors (Lipinski definition) is 5. The predicted molar refractivity (Wildman–Crippen MR) is 341 cm³/mol. The smallest absolute Gasteiger partial charge is 0.387 e. The van der Waals surface area contributed by atoms with Crippen LogP contribution >= 0.6 is 7.82 Å². The van der Waals surface area contributed by atoms with Crippen LogP contribution in [0.5, 0.6) is 0 Å². The third-order valence-electron chi connectivity index (χ3n) is 15.8. The van der Waals surface area contributed by atoms with E-state index in [4.69, 9.17) is 9.05 Å². The summed E-state index contributed by atoms with van der Waals surface area (Å²) in [6.45, 7) is 4.84. The Kier molecular flexibility index (Phi) is 59.3. The summed E-state index contributed by atoms with van der Waals surface area (Å²) in [5.41, 5.74) is 0. The minimum Gasteiger partial charge on any atom is -0.387 e. The highest BCUT2D eigenvalue weighted by Crippen LogP contribution is 2.43. The second kappa shape index (κ2) is 60.3. The molecule has 0 heterocycles. The van der Waals surface area contributed by atoms with Gasteiger partial charge in [-0.15, -0.1) is 0 Å². The van der Waals surface area contributed by atoms with Crippen LogP contribution in [0.25, 0.3) is 0 Å². The largest absolute Gasteiger partial charge is 0.472 e. The highest BCUT2D eigenvalue weighted by molar-refractivity contribution is 7.47. The molecular formula is C69H136N2O6P+. The van der Waals surface area contributed by atoms with Crippen LogP contribution in [0.4, 0.5) is 0 Å². The number of unbranched alkanes of at least 4 members (excludes halogenated alkanes) is 47. The van der Waals surface area contributed by atoms with E-state index in [1.807, 2.05) is 27.2 Å². The normalized spacial score (nSPS) is 13.9. The van der Waals surface area contributed by atoms with Crippen molar-refractivity contribution in [1.29, 1.82) is 0 Å². The van der Waals surface area contributed by atoms with E-state index >= 15 is 0 Å². The summed E-state index contributed by atoms with van der Waals surface area (Å²) in [4.78, 5) is 23.4. The topological polar surface area (TPSA) is 105 Å². The molecule has 0 aromatic carbocycles. The van der Waals surface area contributed by atoms with Crippen molar-refractivity contribution in [3.05, 3.63) is 36.5 Å². The number of carbonyl (C=O) groups excluding carboxylic acids is 1. The zero-order chi connectivity index (χ0) is 57.0. The molecule has 0 aliphatic carbocycles. The molecule has 8 nitrogen and oxygen atoms in total. The maximum Gasteiger partial charge on any atom is 0.472 e. The predicted octanol–water partition coefficient (Wildman–Crippen LogP) is 21.7. The van der Waals surface area contributed by atoms with Crippen LogP contribution in [-0.4, -0.2) is 73.4 Å². The fourth-order valence-corrected chi connectivity index (χ4v) is 11.2. The first-order valence-electron chi connectivity index (χ1n) is 34.4. The quantitative estimate of drug-likeness (QED) is 0.0243. The van der Waals surface area contributed by atoms with Crippen LogP contribution in [-0.2, 0) is 18.4 Å². The van der Waals surface area contributed by atoms with E-state index in [9.17, 15) is 19.4 Å². The van der Waals surface area contributed by atoms with E-state index in [1.54, 1.807) is 6.08 Å². The van der Waals surface area contributed by atoms with Crippen molar-refractivity contribution in [2.45, 2.75) is 360 Å². The van der Waals surface area contributed by atoms with Gasteiger partial charge < -0.3 is 19.8 Å². The first kappa shape index (κ1) is 76.7. The van der Waals surface area contributed by atoms with Gasteiger partial charge in [0.05, 0.1) is 39.9 Å². The molecule has 3 N–H and O–H groups in total. The van der Waals surface area contributed by atoms with Gasteiger partial charge in [0, 0.05) is 6.42 Å². The summed E-state index contributed by atoms with van der Waals surface area (Å²) in [5.74, 6) is -0.184. The number of aliphatic hydroxyl groups excluding tert-OH is 1. The van der Waals surface area contributed by atoms with Gasteiger partial charge in [-0.25, -0.2) is 4.57 Å². The van der Waals surface area contributed by atoms with Crippen molar-refractivity contribution in [2.24, 2.45) is 0 Å². The molecule has 0 aliphatic heterocycles. The number of likely N-dealkylation sites (N-methyl/N-ethyl adjacent to an activating group) is 1. The lowest BCUT2D eigenvalue weighted by Crippen LogP contribution is -2.45. The van der Waals surface area contributed by atoms with Crippen molar-refractivity contribution in [3.8, 4) is 0 Å². The minimum atomic E-state index is -4.36. The van der Waals surface area contributed by atoms with E-state index < -0.39 is 20.0 Å². The third-order valence-corrected chi connectivity index (χ3v) is 16.8. The molecule has 0 rings (SSSR count). The van der Waals surface area contributed by atoms with Crippen LogP contribution < -0.4 is 5.32 Å². The molecule has 3 unspecified atom stereocenters. The Hall–Kier alpha value is -1.28. The summed E-state index contributed by atoms with van der Waals surface area (Å²) in [6.07, 6.45) is 80.2. The number of allylic oxidation sites excluding steroid dienone is 5. The number of rotatable bonds is 64. The Morgan fingerprint density at radius 2 is 0.705 bits per heavy atom. The fourth-order valence-electron chi connectivity index (χ4n) is 10.5. The molecule has 1 amide bonds. The van der Waals surface area contributed by atoms with Gasteiger partial charge in [0.25, 0.3) is 0 Å². The van der Waals surface area contributed by atoms with Gasteiger partial charge >= 0.3 is 7.82 Å². The number of phosphoric acid groups is 1. The van der Waals surface area contributed by atoms with Crippen LogP contribution in [0.2, 0.25) is 0 Å². The molecule has 0 fully saturated rings. The number of quaternary nitrogens is 1. The Bertz CT molecular complexity index is 1360. The zero-order valence-electron chi connectivity index (χ0n) is 52.9. The number of aliphatic hydroxyl groups is 1. The van der Waals surface area contributed by atoms with E-state index in [0.717, 1.165) is 44.9 Å². The van der Waals surface area contributed by atoms with E-state index in [-0.39, 0.29) is 19.1 Å². The number of amides is 1. The third kappa shape index (κ3) is 62.3. The Morgan fingerprint density at radius 3 is 1.03 bits per heavy atom. The second-order valence-corrected chi connectivity index (χ2v) is 26.4. The van der Waals surface area contributed by atoms with Crippen molar-refractivity contribution < 1.29 is 32.9 Å². The molecule has 3 atom stereocenters. The van der Waals surface area contributed by atoms with Gasteiger partial charge in [-0.05, 0) is 44.9 Å². The van der Waals surface area contributed by atoms with Gasteiger partial charge in [-0.3, -0.25) is 13.8 Å². The van der Waals surface area contributed by atoms with E-state index in [0.29, 0.717) is 17.4 Å². The first-order chi connectivity index (χ1) is 38.0. The Labute approximate surface area is 487 Å². The molecule has 0 aliphatic rings. The maximum absolute atomic E-state index is 13.0. The van der Waals surface area contributed by atoms with Gasteiger partial charge in [-0.1, -0.05) is 333 Å². The number of phosphoric ester groups is 1. The Morgan fingerprint density at radius 1 is 0.423 bits per heavy atom. The van der Waals surface area contributed by atoms with Crippen molar-refractivity contribution in [3.63, 3.8) is 0 Å². The van der Waals surface area contributed by atoms with Gasteiger partial charge in [0.15, 0.2) is 0 Å². The standard InChI is InChI=1S/C69H135N2O6P/c1-6-8-10-12-14-16-18-20-22-24-26-28-30-31-32-33-34-35-36-37-38-39-40-41-43-45-47-49-51-53-55-57-59-61-63-69(73)70-67(66-77-78(74,75)76-65-64-71(3,4)5)68(72)62-60-58-56-54-52-50-48-46-44-42-29-27-25-23-21-19-17-15-13-11-9-7-2/h44,46,52,54,60,62,67-68,72H,6-43,45,47-51,53,55-59,61,63-66H2,1-5H3,(H-,70,73,74,75)/p+1/b46-44+,54-52+,62-60+. The molecule has 0 spiro atoms. The van der Waals surface area contributed by atoms with Crippen molar-refractivity contribution >= 4 is 13.7 Å². The molecule has 462 valence electrons. The molecule has 0 saturated carbocycles. The zero-order valence-corrected chi connectivity index (χ0v) is 53.8. The molecule has 9 heteroatoms. The van der Waals surface area contributed by atoms with Crippen LogP contribution in [0, 0.1) is 0 Å². The SMILES string of the molecule is CCCCCCCCCCCCCC/C=C/CC/C=C/CC/C=C/C(O)C(COP(=O)(O)OCC[N+](C)(C)C)NC(=O)CCCCCCCCCCCCCCCCCCCCCCCCCCCCCCCCCCCC. The average molecular weight is 1120 g/mol. The van der Waals surface area contributed by atoms with E-state index in [1.165, 1.54) is 283 Å². The van der Waals surface area contributed by atoms with Gasteiger partial charge in [0.1, 0.15) is 13.2 Å². The highest BCUT2D eigenvalue weighted by Gasteiger charge is 2.28. The van der Waals surface area contributed by atoms with Crippen molar-refractivity contribution in [1.82, 2.24) is 5.32 Å². The van der Waals surface area contributed by atoms with Crippen LogP contribution in [0.3, 0.4) is 0 Å². The number of hydrogen-bond donors (Lipinski definition) is 3. The summed E-state index contributed by atoms with van der Waals surface area (Å²) < 4.78 is 23.8. The summed E-state index contributed by atoms with van der Waals surface area (Å²) >= 11 is 0. The lowest BCUT2D eigenvalue weighted by Gasteiger charge is -2.25. The summed E-state index contributed by atoms with van der Waals surface area (Å²) in [7, 11) is 1.56. The lowest BCUT2D eigenvalue weighted by atomic mass is 10.0. The highest BCUT2D eigenvalue weighted by atomic mass is 31.2. The molecule has 0 bridgehead atoms. The number of nitrogens with zero attached hydrogens (tertiary/aromatic N) is 1. The summed E-state index contributed by atoms with van der Waals surface area (Å²) in [5, 5.41) is 14.0. The van der Waals surface area contributed by atoms with Crippen molar-refractivity contribution in [2.75, 3.05) is 40.9 Å². The molecule has 0 aromatic rings. The summed E-state index contributed by atoms with van der Waals surface area (Å²) in [6, 6.07) is -0.869. The van der Waals surface area contributed by atoms with Gasteiger partial charge in [-0.2, -0.15) is 0 Å². The lowest BCUT2D eigenvalue weighted by molar-refractivity contribution is -0.870. The molecule has 78 heavy (non-hydrogen) atoms. The second-order valence-electron chi connectivity index (χ2n) is 24.9. The maximum atomic E-state index is 13.0. The monoisotopic (exact) mass is 1120 g/mol. The molecular weight excluding hydrogens is 984 g/mol. The first-order valence-corrected chi connectivity index (χ1v) is 35.9. The van der Waals surface area contributed by atoms with Gasteiger partial charge in [0.2, 0.25) is 5.91 Å². The number of nitrogens with one attached hydrogen (secondary N) is 1. The fraction of sp³-hybridized carbons (Fsp3) is 0.899. The molecule has 0 radical (unpaired) electrons. The molecule has 0 aromatic heterocycles. The van der Waals surface area contributed by atoms with Crippen LogP contribution in [0.1, 0.15) is 348 Å². The Balaban J connectivity index is 4.04. The van der Waals surface area contributed by atoms with Crippen LogP contribution in [0.15, 0.2) is 36.5 Å².